The van der Waals surface area contributed by atoms with Crippen molar-refractivity contribution in [3.05, 3.63) is 89.5 Å². The normalized spacial score (nSPS) is 10.5. The van der Waals surface area contributed by atoms with Gasteiger partial charge in [0.05, 0.1) is 24.3 Å². The summed E-state index contributed by atoms with van der Waals surface area (Å²) in [5.41, 5.74) is 4.49. The molecule has 164 valence electrons. The van der Waals surface area contributed by atoms with E-state index in [0.717, 1.165) is 23.4 Å². The van der Waals surface area contributed by atoms with Gasteiger partial charge in [0.1, 0.15) is 5.75 Å². The summed E-state index contributed by atoms with van der Waals surface area (Å²) in [5, 5.41) is 12.2. The first kappa shape index (κ1) is 22.9. The molecule has 0 aliphatic rings. The SMILES string of the molecule is CCc1ccc(CN(CC(=O)Nc2ccc(OC(C)C)cc2)c2cccc(C#N)c2)cc1. The Hall–Kier alpha value is -3.78. The number of hydrogen-bond donors (Lipinski definition) is 1. The van der Waals surface area contributed by atoms with Crippen LogP contribution in [0.15, 0.2) is 72.8 Å². The van der Waals surface area contributed by atoms with Crippen molar-refractivity contribution in [3.63, 3.8) is 0 Å². The summed E-state index contributed by atoms with van der Waals surface area (Å²) < 4.78 is 5.65. The van der Waals surface area contributed by atoms with E-state index in [1.54, 1.807) is 6.07 Å². The lowest BCUT2D eigenvalue weighted by molar-refractivity contribution is -0.115. The number of nitriles is 1. The van der Waals surface area contributed by atoms with Gasteiger partial charge in [0.25, 0.3) is 0 Å². The highest BCUT2D eigenvalue weighted by molar-refractivity contribution is 5.94. The summed E-state index contributed by atoms with van der Waals surface area (Å²) >= 11 is 0. The fourth-order valence-electron chi connectivity index (χ4n) is 3.37. The molecule has 0 aliphatic carbocycles. The van der Waals surface area contributed by atoms with E-state index in [9.17, 15) is 10.1 Å². The Morgan fingerprint density at radius 2 is 1.72 bits per heavy atom. The molecule has 0 aliphatic heterocycles. The third-order valence-electron chi connectivity index (χ3n) is 4.99. The molecule has 0 fully saturated rings. The predicted octanol–water partition coefficient (Wildman–Crippen LogP) is 5.55. The lowest BCUT2D eigenvalue weighted by Crippen LogP contribution is -2.33. The van der Waals surface area contributed by atoms with Gasteiger partial charge in [-0.25, -0.2) is 0 Å². The van der Waals surface area contributed by atoms with Crippen molar-refractivity contribution in [1.29, 1.82) is 5.26 Å². The molecule has 0 bridgehead atoms. The lowest BCUT2D eigenvalue weighted by Gasteiger charge is -2.25. The maximum atomic E-state index is 12.9. The molecule has 1 amide bonds. The third-order valence-corrected chi connectivity index (χ3v) is 4.99. The van der Waals surface area contributed by atoms with E-state index < -0.39 is 0 Å². The topological polar surface area (TPSA) is 65.4 Å². The minimum Gasteiger partial charge on any atom is -0.491 e. The van der Waals surface area contributed by atoms with Crippen LogP contribution in [0.3, 0.4) is 0 Å². The van der Waals surface area contributed by atoms with Crippen LogP contribution in [0.25, 0.3) is 0 Å². The number of carbonyl (C=O) groups excluding carboxylic acids is 1. The Labute approximate surface area is 190 Å². The third kappa shape index (κ3) is 6.61. The number of carbonyl (C=O) groups is 1. The van der Waals surface area contributed by atoms with Crippen molar-refractivity contribution < 1.29 is 9.53 Å². The Balaban J connectivity index is 1.74. The van der Waals surface area contributed by atoms with Crippen molar-refractivity contribution in [2.24, 2.45) is 0 Å². The molecule has 0 heterocycles. The average Bonchev–Trinajstić information content (AvgIpc) is 2.80. The van der Waals surface area contributed by atoms with E-state index in [2.05, 4.69) is 42.6 Å². The molecule has 0 spiro atoms. The number of ether oxygens (including phenoxy) is 1. The van der Waals surface area contributed by atoms with Crippen LogP contribution in [0.5, 0.6) is 5.75 Å². The smallest absolute Gasteiger partial charge is 0.243 e. The molecular formula is C27H29N3O2. The summed E-state index contributed by atoms with van der Waals surface area (Å²) in [6.07, 6.45) is 1.08. The first-order valence-electron chi connectivity index (χ1n) is 10.9. The molecule has 0 unspecified atom stereocenters. The number of amides is 1. The van der Waals surface area contributed by atoms with Crippen molar-refractivity contribution >= 4 is 17.3 Å². The highest BCUT2D eigenvalue weighted by Gasteiger charge is 2.14. The molecular weight excluding hydrogens is 398 g/mol. The quantitative estimate of drug-likeness (QED) is 0.486. The first-order valence-corrected chi connectivity index (χ1v) is 10.9. The van der Waals surface area contributed by atoms with E-state index in [4.69, 9.17) is 4.74 Å². The second-order valence-corrected chi connectivity index (χ2v) is 7.93. The van der Waals surface area contributed by atoms with Crippen LogP contribution in [0.4, 0.5) is 11.4 Å². The van der Waals surface area contributed by atoms with Gasteiger partial charge in [0.15, 0.2) is 0 Å². The Kier molecular flexibility index (Phi) is 7.88. The number of benzene rings is 3. The largest absolute Gasteiger partial charge is 0.491 e. The fourth-order valence-corrected chi connectivity index (χ4v) is 3.37. The minimum absolute atomic E-state index is 0.0968. The van der Waals surface area contributed by atoms with Crippen LogP contribution < -0.4 is 15.0 Å². The Bertz CT molecular complexity index is 1070. The van der Waals surface area contributed by atoms with Gasteiger partial charge in [0.2, 0.25) is 5.91 Å². The van der Waals surface area contributed by atoms with Gasteiger partial charge in [-0.15, -0.1) is 0 Å². The Morgan fingerprint density at radius 3 is 2.34 bits per heavy atom. The van der Waals surface area contributed by atoms with Crippen LogP contribution >= 0.6 is 0 Å². The monoisotopic (exact) mass is 427 g/mol. The lowest BCUT2D eigenvalue weighted by atomic mass is 10.1. The van der Waals surface area contributed by atoms with Crippen molar-refractivity contribution in [1.82, 2.24) is 0 Å². The molecule has 3 aromatic carbocycles. The number of nitrogens with zero attached hydrogens (tertiary/aromatic N) is 2. The van der Waals surface area contributed by atoms with Gasteiger partial charge >= 0.3 is 0 Å². The Morgan fingerprint density at radius 1 is 1.03 bits per heavy atom. The highest BCUT2D eigenvalue weighted by Crippen LogP contribution is 2.21. The molecule has 3 rings (SSSR count). The van der Waals surface area contributed by atoms with Crippen LogP contribution in [-0.2, 0) is 17.8 Å². The molecule has 0 radical (unpaired) electrons. The van der Waals surface area contributed by atoms with Crippen LogP contribution in [0, 0.1) is 11.3 Å². The predicted molar refractivity (Wildman–Crippen MR) is 129 cm³/mol. The highest BCUT2D eigenvalue weighted by atomic mass is 16.5. The van der Waals surface area contributed by atoms with Crippen LogP contribution in [-0.4, -0.2) is 18.6 Å². The number of rotatable bonds is 9. The van der Waals surface area contributed by atoms with Gasteiger partial charge < -0.3 is 15.0 Å². The van der Waals surface area contributed by atoms with Crippen LogP contribution in [0.2, 0.25) is 0 Å². The average molecular weight is 428 g/mol. The second-order valence-electron chi connectivity index (χ2n) is 7.93. The molecule has 1 N–H and O–H groups in total. The number of anilines is 2. The van der Waals surface area contributed by atoms with Crippen molar-refractivity contribution in [2.75, 3.05) is 16.8 Å². The minimum atomic E-state index is -0.130. The van der Waals surface area contributed by atoms with E-state index in [1.165, 1.54) is 5.56 Å². The van der Waals surface area contributed by atoms with Crippen LogP contribution in [0.1, 0.15) is 37.5 Å². The van der Waals surface area contributed by atoms with Crippen molar-refractivity contribution in [3.8, 4) is 11.8 Å². The van der Waals surface area contributed by atoms with Gasteiger partial charge in [0, 0.05) is 17.9 Å². The summed E-state index contributed by atoms with van der Waals surface area (Å²) in [5.74, 6) is 0.638. The molecule has 0 atom stereocenters. The van der Waals surface area contributed by atoms with Gasteiger partial charge in [-0.05, 0) is 73.9 Å². The molecule has 5 heteroatoms. The molecule has 5 nitrogen and oxygen atoms in total. The summed E-state index contributed by atoms with van der Waals surface area (Å²) in [7, 11) is 0. The number of aryl methyl sites for hydroxylation is 1. The second kappa shape index (κ2) is 11.0. The number of nitrogens with one attached hydrogen (secondary N) is 1. The zero-order valence-corrected chi connectivity index (χ0v) is 18.8. The molecule has 0 saturated heterocycles. The zero-order valence-electron chi connectivity index (χ0n) is 18.8. The van der Waals surface area contributed by atoms with Gasteiger partial charge in [-0.1, -0.05) is 37.3 Å². The van der Waals surface area contributed by atoms with Gasteiger partial charge in [-0.3, -0.25) is 4.79 Å². The van der Waals surface area contributed by atoms with E-state index in [-0.39, 0.29) is 18.6 Å². The molecule has 32 heavy (non-hydrogen) atoms. The summed E-state index contributed by atoms with van der Waals surface area (Å²) in [6.45, 7) is 6.80. The maximum Gasteiger partial charge on any atom is 0.243 e. The van der Waals surface area contributed by atoms with E-state index >= 15 is 0 Å². The van der Waals surface area contributed by atoms with Gasteiger partial charge in [-0.2, -0.15) is 5.26 Å². The molecule has 0 aromatic heterocycles. The van der Waals surface area contributed by atoms with Crippen molar-refractivity contribution in [2.45, 2.75) is 39.8 Å². The molecule has 3 aromatic rings. The molecule has 0 saturated carbocycles. The summed E-state index contributed by atoms with van der Waals surface area (Å²) in [6, 6.07) is 25.3. The zero-order chi connectivity index (χ0) is 22.9. The maximum absolute atomic E-state index is 12.9. The van der Waals surface area contributed by atoms with E-state index in [0.29, 0.717) is 17.8 Å². The van der Waals surface area contributed by atoms with E-state index in [1.807, 2.05) is 61.2 Å². The first-order chi connectivity index (χ1) is 15.5. The summed E-state index contributed by atoms with van der Waals surface area (Å²) in [4.78, 5) is 14.8. The fraction of sp³-hybridized carbons (Fsp3) is 0.259. The standard InChI is InChI=1S/C27H29N3O2/c1-4-21-8-10-22(11-9-21)18-30(25-7-5-6-23(16-25)17-28)19-27(31)29-24-12-14-26(15-13-24)32-20(2)3/h5-16,20H,4,18-19H2,1-3H3,(H,29,31). The number of hydrogen-bond acceptors (Lipinski definition) is 4.